The van der Waals surface area contributed by atoms with E-state index < -0.39 is 16.4 Å². The Labute approximate surface area is 162 Å². The molecule has 1 aromatic carbocycles. The second-order valence-corrected chi connectivity index (χ2v) is 7.59. The first-order chi connectivity index (χ1) is 12.8. The van der Waals surface area contributed by atoms with Gasteiger partial charge in [0.15, 0.2) is 5.75 Å². The Hall–Kier alpha value is -2.29. The predicted molar refractivity (Wildman–Crippen MR) is 102 cm³/mol. The minimum absolute atomic E-state index is 0.116. The second-order valence-electron chi connectivity index (χ2n) is 6.61. The molecule has 0 aliphatic heterocycles. The van der Waals surface area contributed by atoms with Gasteiger partial charge in [0.05, 0.1) is 17.8 Å². The fraction of sp³-hybridized carbons (Fsp3) is 0.556. The number of carbonyl (C=O) groups is 2. The number of nitro benzene ring substituents is 1. The number of methoxy groups -OCH3 is 1. The Morgan fingerprint density at radius 1 is 1.33 bits per heavy atom. The standard InChI is InChI=1S/C18H24N2O6S/c1-19(18(17(22)23)8-4-3-5-9-18)16(21)12-27-11-13-6-7-15(26-2)14(10-13)20(24)25/h6-7,10H,3-5,8-9,11-12H2,1-2H3,(H,22,23). The highest BCUT2D eigenvalue weighted by molar-refractivity contribution is 7.99. The molecule has 1 saturated carbocycles. The largest absolute Gasteiger partial charge is 0.490 e. The van der Waals surface area contributed by atoms with Crippen LogP contribution in [0.1, 0.15) is 37.7 Å². The first-order valence-corrected chi connectivity index (χ1v) is 9.86. The molecule has 1 fully saturated rings. The molecule has 0 atom stereocenters. The minimum atomic E-state index is -1.12. The molecule has 1 aliphatic carbocycles. The van der Waals surface area contributed by atoms with E-state index in [0.717, 1.165) is 19.3 Å². The molecule has 0 saturated heterocycles. The molecule has 0 unspecified atom stereocenters. The molecule has 148 valence electrons. The van der Waals surface area contributed by atoms with E-state index in [1.807, 2.05) is 0 Å². The lowest BCUT2D eigenvalue weighted by Gasteiger charge is -2.41. The van der Waals surface area contributed by atoms with Crippen molar-refractivity contribution in [1.29, 1.82) is 0 Å². The van der Waals surface area contributed by atoms with Crippen molar-refractivity contribution in [3.05, 3.63) is 33.9 Å². The number of likely N-dealkylation sites (N-methyl/N-ethyl adjacent to an activating group) is 1. The monoisotopic (exact) mass is 396 g/mol. The normalized spacial score (nSPS) is 15.8. The summed E-state index contributed by atoms with van der Waals surface area (Å²) in [6.45, 7) is 0. The van der Waals surface area contributed by atoms with E-state index in [0.29, 0.717) is 24.2 Å². The van der Waals surface area contributed by atoms with E-state index in [-0.39, 0.29) is 23.1 Å². The maximum Gasteiger partial charge on any atom is 0.329 e. The number of thioether (sulfide) groups is 1. The van der Waals surface area contributed by atoms with Crippen molar-refractivity contribution in [2.75, 3.05) is 19.9 Å². The minimum Gasteiger partial charge on any atom is -0.490 e. The Balaban J connectivity index is 1.98. The second kappa shape index (κ2) is 9.07. The number of rotatable bonds is 8. The fourth-order valence-corrected chi connectivity index (χ4v) is 4.27. The highest BCUT2D eigenvalue weighted by atomic mass is 32.2. The highest BCUT2D eigenvalue weighted by Gasteiger charge is 2.45. The van der Waals surface area contributed by atoms with Gasteiger partial charge in [-0.1, -0.05) is 25.3 Å². The average molecular weight is 396 g/mol. The van der Waals surface area contributed by atoms with Crippen LogP contribution >= 0.6 is 11.8 Å². The molecule has 1 N–H and O–H groups in total. The Kier molecular flexibility index (Phi) is 7.06. The van der Waals surface area contributed by atoms with Gasteiger partial charge in [-0.2, -0.15) is 0 Å². The zero-order chi connectivity index (χ0) is 20.0. The Morgan fingerprint density at radius 2 is 2.00 bits per heavy atom. The number of benzene rings is 1. The van der Waals surface area contributed by atoms with Gasteiger partial charge in [0.1, 0.15) is 5.54 Å². The van der Waals surface area contributed by atoms with Gasteiger partial charge in [-0.05, 0) is 24.5 Å². The predicted octanol–water partition coefficient (Wildman–Crippen LogP) is 3.08. The molecule has 9 heteroatoms. The molecule has 0 aromatic heterocycles. The summed E-state index contributed by atoms with van der Waals surface area (Å²) < 4.78 is 4.97. The zero-order valence-corrected chi connectivity index (χ0v) is 16.3. The number of nitro groups is 1. The van der Waals surface area contributed by atoms with E-state index in [2.05, 4.69) is 0 Å². The first kappa shape index (κ1) is 21.0. The van der Waals surface area contributed by atoms with Crippen LogP contribution in [0.2, 0.25) is 0 Å². The lowest BCUT2D eigenvalue weighted by atomic mass is 9.80. The molecule has 0 radical (unpaired) electrons. The van der Waals surface area contributed by atoms with Gasteiger partial charge >= 0.3 is 11.7 Å². The quantitative estimate of drug-likeness (QED) is 0.531. The number of aliphatic carboxylic acids is 1. The number of ether oxygens (including phenoxy) is 1. The van der Waals surface area contributed by atoms with Gasteiger partial charge < -0.3 is 14.7 Å². The summed E-state index contributed by atoms with van der Waals surface area (Å²) in [7, 11) is 2.93. The van der Waals surface area contributed by atoms with E-state index in [1.54, 1.807) is 13.1 Å². The fourth-order valence-electron chi connectivity index (χ4n) is 3.39. The van der Waals surface area contributed by atoms with Crippen LogP contribution in [0.15, 0.2) is 18.2 Å². The van der Waals surface area contributed by atoms with Gasteiger partial charge in [0, 0.05) is 18.9 Å². The van der Waals surface area contributed by atoms with Gasteiger partial charge in [-0.15, -0.1) is 11.8 Å². The maximum atomic E-state index is 12.5. The Bertz CT molecular complexity index is 718. The molecule has 1 aliphatic rings. The van der Waals surface area contributed by atoms with Crippen LogP contribution in [-0.2, 0) is 15.3 Å². The number of carboxylic acids is 1. The maximum absolute atomic E-state index is 12.5. The molecule has 1 aromatic rings. The van der Waals surface area contributed by atoms with Crippen molar-refractivity contribution in [2.24, 2.45) is 0 Å². The molecular formula is C18H24N2O6S. The van der Waals surface area contributed by atoms with Crippen LogP contribution in [0.5, 0.6) is 5.75 Å². The molecule has 0 heterocycles. The molecular weight excluding hydrogens is 372 g/mol. The summed E-state index contributed by atoms with van der Waals surface area (Å²) in [6, 6.07) is 4.68. The van der Waals surface area contributed by atoms with Gasteiger partial charge in [0.2, 0.25) is 5.91 Å². The number of nitrogens with zero attached hydrogens (tertiary/aromatic N) is 2. The topological polar surface area (TPSA) is 110 Å². The van der Waals surface area contributed by atoms with Crippen molar-refractivity contribution in [1.82, 2.24) is 4.90 Å². The van der Waals surface area contributed by atoms with E-state index in [9.17, 15) is 24.8 Å². The molecule has 2 rings (SSSR count). The van der Waals surface area contributed by atoms with Crippen molar-refractivity contribution in [2.45, 2.75) is 43.4 Å². The summed E-state index contributed by atoms with van der Waals surface area (Å²) in [6.07, 6.45) is 3.53. The van der Waals surface area contributed by atoms with E-state index >= 15 is 0 Å². The van der Waals surface area contributed by atoms with Crippen LogP contribution < -0.4 is 4.74 Å². The SMILES string of the molecule is COc1ccc(CSCC(=O)N(C)C2(C(=O)O)CCCCC2)cc1[N+](=O)[O-]. The Morgan fingerprint density at radius 3 is 2.56 bits per heavy atom. The van der Waals surface area contributed by atoms with Gasteiger partial charge in [-0.3, -0.25) is 14.9 Å². The zero-order valence-electron chi connectivity index (χ0n) is 15.5. The van der Waals surface area contributed by atoms with Gasteiger partial charge in [-0.25, -0.2) is 4.79 Å². The first-order valence-electron chi connectivity index (χ1n) is 8.71. The highest BCUT2D eigenvalue weighted by Crippen LogP contribution is 2.34. The van der Waals surface area contributed by atoms with E-state index in [1.165, 1.54) is 35.9 Å². The average Bonchev–Trinajstić information content (AvgIpc) is 2.67. The summed E-state index contributed by atoms with van der Waals surface area (Å²) >= 11 is 1.30. The van der Waals surface area contributed by atoms with E-state index in [4.69, 9.17) is 4.74 Å². The van der Waals surface area contributed by atoms with Crippen molar-refractivity contribution >= 4 is 29.3 Å². The summed E-state index contributed by atoms with van der Waals surface area (Å²) in [5.41, 5.74) is -0.533. The number of amides is 1. The molecule has 1 amide bonds. The van der Waals surface area contributed by atoms with Gasteiger partial charge in [0.25, 0.3) is 0 Å². The van der Waals surface area contributed by atoms with Crippen LogP contribution in [0, 0.1) is 10.1 Å². The van der Waals surface area contributed by atoms with Crippen molar-refractivity contribution < 1.29 is 24.4 Å². The summed E-state index contributed by atoms with van der Waals surface area (Å²) in [5, 5.41) is 20.7. The third-order valence-corrected chi connectivity index (χ3v) is 6.02. The summed E-state index contributed by atoms with van der Waals surface area (Å²) in [5.74, 6) is -0.484. The molecule has 8 nitrogen and oxygen atoms in total. The molecule has 0 spiro atoms. The van der Waals surface area contributed by atoms with Crippen molar-refractivity contribution in [3.8, 4) is 5.75 Å². The number of carboxylic acid groups (broad SMARTS) is 1. The third-order valence-electron chi connectivity index (χ3n) is 5.03. The van der Waals surface area contributed by atoms with Crippen LogP contribution in [0.4, 0.5) is 5.69 Å². The smallest absolute Gasteiger partial charge is 0.329 e. The molecule has 27 heavy (non-hydrogen) atoms. The third kappa shape index (κ3) is 4.71. The van der Waals surface area contributed by atoms with Crippen LogP contribution in [0.3, 0.4) is 0 Å². The number of hydrogen-bond donors (Lipinski definition) is 1. The number of hydrogen-bond acceptors (Lipinski definition) is 6. The van der Waals surface area contributed by atoms with Crippen LogP contribution in [0.25, 0.3) is 0 Å². The molecule has 0 bridgehead atoms. The lowest BCUT2D eigenvalue weighted by Crippen LogP contribution is -2.56. The summed E-state index contributed by atoms with van der Waals surface area (Å²) in [4.78, 5) is 36.3. The van der Waals surface area contributed by atoms with Crippen molar-refractivity contribution in [3.63, 3.8) is 0 Å². The van der Waals surface area contributed by atoms with Crippen LogP contribution in [-0.4, -0.2) is 52.3 Å². The number of carbonyl (C=O) groups excluding carboxylic acids is 1. The lowest BCUT2D eigenvalue weighted by molar-refractivity contribution is -0.385.